The number of allylic oxidation sites excluding steroid dienone is 1. The fraction of sp³-hybridized carbons (Fsp3) is 0.591. The van der Waals surface area contributed by atoms with E-state index >= 15 is 0 Å². The van der Waals surface area contributed by atoms with Gasteiger partial charge in [0, 0.05) is 39.3 Å². The van der Waals surface area contributed by atoms with Crippen molar-refractivity contribution < 1.29 is 9.53 Å². The van der Waals surface area contributed by atoms with Gasteiger partial charge in [0.2, 0.25) is 5.91 Å². The van der Waals surface area contributed by atoms with Gasteiger partial charge in [0.25, 0.3) is 0 Å². The molecule has 6 heteroatoms. The number of hydrogen-bond acceptors (Lipinski definition) is 4. The Morgan fingerprint density at radius 1 is 1.04 bits per heavy atom. The first-order valence-electron chi connectivity index (χ1n) is 10.4. The van der Waals surface area contributed by atoms with E-state index < -0.39 is 0 Å². The number of carbonyl (C=O) groups is 1. The van der Waals surface area contributed by atoms with Gasteiger partial charge in [0.1, 0.15) is 12.4 Å². The molecule has 1 aromatic carbocycles. The predicted octanol–water partition coefficient (Wildman–Crippen LogP) is 3.11. The molecule has 28 heavy (non-hydrogen) atoms. The third-order valence-corrected chi connectivity index (χ3v) is 5.40. The largest absolute Gasteiger partial charge is 0.492 e. The molecule has 1 amide bonds. The van der Waals surface area contributed by atoms with E-state index in [1.165, 1.54) is 31.3 Å². The third kappa shape index (κ3) is 8.21. The Hall–Kier alpha value is -1.56. The topological polar surface area (TPSA) is 44.8 Å². The van der Waals surface area contributed by atoms with Gasteiger partial charge in [-0.3, -0.25) is 14.6 Å². The summed E-state index contributed by atoms with van der Waals surface area (Å²) in [5, 5.41) is 3.09. The van der Waals surface area contributed by atoms with Crippen LogP contribution in [0.25, 0.3) is 0 Å². The molecule has 5 nitrogen and oxygen atoms in total. The molecule has 0 radical (unpaired) electrons. The molecular formula is C22H34ClN3O2. The fourth-order valence-corrected chi connectivity index (χ4v) is 3.73. The summed E-state index contributed by atoms with van der Waals surface area (Å²) in [4.78, 5) is 16.8. The number of hydrogen-bond donors (Lipinski definition) is 1. The van der Waals surface area contributed by atoms with Crippen molar-refractivity contribution in [1.29, 1.82) is 0 Å². The van der Waals surface area contributed by atoms with Crippen molar-refractivity contribution in [3.05, 3.63) is 42.0 Å². The number of nitrogens with zero attached hydrogens (tertiary/aromatic N) is 2. The minimum Gasteiger partial charge on any atom is -0.492 e. The maximum atomic E-state index is 12.2. The zero-order valence-corrected chi connectivity index (χ0v) is 17.6. The SMILES string of the molecule is Cl.O=C(CN1CCN(CCOc2ccccc2)CC1)NCCC1=CCCCC1. The molecule has 1 aliphatic heterocycles. The quantitative estimate of drug-likeness (QED) is 0.639. The van der Waals surface area contributed by atoms with Crippen LogP contribution in [0.5, 0.6) is 5.75 Å². The highest BCUT2D eigenvalue weighted by molar-refractivity contribution is 5.85. The van der Waals surface area contributed by atoms with Crippen molar-refractivity contribution in [2.24, 2.45) is 0 Å². The van der Waals surface area contributed by atoms with Crippen molar-refractivity contribution >= 4 is 18.3 Å². The smallest absolute Gasteiger partial charge is 0.234 e. The average Bonchev–Trinajstić information content (AvgIpc) is 2.71. The van der Waals surface area contributed by atoms with Crippen molar-refractivity contribution in [2.75, 3.05) is 52.4 Å². The maximum absolute atomic E-state index is 12.2. The van der Waals surface area contributed by atoms with E-state index in [4.69, 9.17) is 4.74 Å². The summed E-state index contributed by atoms with van der Waals surface area (Å²) >= 11 is 0. The summed E-state index contributed by atoms with van der Waals surface area (Å²) in [6, 6.07) is 9.95. The van der Waals surface area contributed by atoms with Crippen LogP contribution in [0.2, 0.25) is 0 Å². The lowest BCUT2D eigenvalue weighted by Gasteiger charge is -2.34. The second-order valence-corrected chi connectivity index (χ2v) is 7.49. The molecule has 156 valence electrons. The highest BCUT2D eigenvalue weighted by Crippen LogP contribution is 2.19. The average molecular weight is 408 g/mol. The van der Waals surface area contributed by atoms with Crippen molar-refractivity contribution in [1.82, 2.24) is 15.1 Å². The molecule has 1 heterocycles. The first-order valence-corrected chi connectivity index (χ1v) is 10.4. The number of piperazine rings is 1. The summed E-state index contributed by atoms with van der Waals surface area (Å²) in [6.45, 7) is 6.84. The molecule has 0 aromatic heterocycles. The molecule has 1 N–H and O–H groups in total. The van der Waals surface area contributed by atoms with E-state index in [-0.39, 0.29) is 18.3 Å². The van der Waals surface area contributed by atoms with Gasteiger partial charge in [-0.1, -0.05) is 29.8 Å². The molecule has 0 bridgehead atoms. The standard InChI is InChI=1S/C22H33N3O2.ClH/c26-22(23-12-11-20-7-3-1-4-8-20)19-25-15-13-24(14-16-25)17-18-27-21-9-5-2-6-10-21;/h2,5-7,9-10H,1,3-4,8,11-19H2,(H,23,26);1H. The van der Waals surface area contributed by atoms with Crippen LogP contribution >= 0.6 is 12.4 Å². The number of ether oxygens (including phenoxy) is 1. The Bertz CT molecular complexity index is 601. The van der Waals surface area contributed by atoms with Gasteiger partial charge >= 0.3 is 0 Å². The van der Waals surface area contributed by atoms with Gasteiger partial charge in [-0.05, 0) is 44.2 Å². The van der Waals surface area contributed by atoms with E-state index in [2.05, 4.69) is 21.2 Å². The molecular weight excluding hydrogens is 374 g/mol. The number of benzene rings is 1. The second-order valence-electron chi connectivity index (χ2n) is 7.49. The number of halogens is 1. The first-order chi connectivity index (χ1) is 13.3. The monoisotopic (exact) mass is 407 g/mol. The molecule has 1 fully saturated rings. The lowest BCUT2D eigenvalue weighted by atomic mass is 9.97. The Kier molecular flexibility index (Phi) is 10.4. The van der Waals surface area contributed by atoms with Crippen LogP contribution in [0, 0.1) is 0 Å². The Balaban J connectivity index is 0.00000280. The lowest BCUT2D eigenvalue weighted by molar-refractivity contribution is -0.122. The molecule has 1 saturated heterocycles. The van der Waals surface area contributed by atoms with Gasteiger partial charge in [-0.15, -0.1) is 12.4 Å². The van der Waals surface area contributed by atoms with Gasteiger partial charge in [0.15, 0.2) is 0 Å². The molecule has 0 spiro atoms. The van der Waals surface area contributed by atoms with Gasteiger partial charge in [-0.2, -0.15) is 0 Å². The molecule has 1 aromatic rings. The number of rotatable bonds is 9. The van der Waals surface area contributed by atoms with E-state index in [0.29, 0.717) is 13.2 Å². The second kappa shape index (κ2) is 12.8. The van der Waals surface area contributed by atoms with Crippen molar-refractivity contribution in [3.63, 3.8) is 0 Å². The Morgan fingerprint density at radius 3 is 2.50 bits per heavy atom. The number of para-hydroxylation sites is 1. The van der Waals surface area contributed by atoms with E-state index in [1.54, 1.807) is 0 Å². The van der Waals surface area contributed by atoms with Crippen LogP contribution in [0.1, 0.15) is 32.1 Å². The van der Waals surface area contributed by atoms with Crippen LogP contribution in [-0.2, 0) is 4.79 Å². The van der Waals surface area contributed by atoms with Crippen LogP contribution in [0.15, 0.2) is 42.0 Å². The Labute approximate surface area is 175 Å². The first kappa shape index (κ1) is 22.7. The van der Waals surface area contributed by atoms with Crippen molar-refractivity contribution in [2.45, 2.75) is 32.1 Å². The molecule has 0 atom stereocenters. The fourth-order valence-electron chi connectivity index (χ4n) is 3.73. The normalized spacial score (nSPS) is 18.1. The van der Waals surface area contributed by atoms with Crippen LogP contribution in [0.4, 0.5) is 0 Å². The van der Waals surface area contributed by atoms with Crippen LogP contribution in [0.3, 0.4) is 0 Å². The highest BCUT2D eigenvalue weighted by atomic mass is 35.5. The van der Waals surface area contributed by atoms with E-state index in [0.717, 1.165) is 51.4 Å². The summed E-state index contributed by atoms with van der Waals surface area (Å²) in [5.74, 6) is 1.09. The minimum absolute atomic E-state index is 0. The van der Waals surface area contributed by atoms with Gasteiger partial charge < -0.3 is 10.1 Å². The molecule has 1 aliphatic carbocycles. The number of amides is 1. The number of nitrogens with one attached hydrogen (secondary N) is 1. The molecule has 3 rings (SSSR count). The zero-order chi connectivity index (χ0) is 18.7. The zero-order valence-electron chi connectivity index (χ0n) is 16.8. The maximum Gasteiger partial charge on any atom is 0.234 e. The Morgan fingerprint density at radius 2 is 1.79 bits per heavy atom. The summed E-state index contributed by atoms with van der Waals surface area (Å²) in [5.41, 5.74) is 1.52. The molecule has 0 unspecified atom stereocenters. The van der Waals surface area contributed by atoms with E-state index in [1.807, 2.05) is 30.3 Å². The highest BCUT2D eigenvalue weighted by Gasteiger charge is 2.18. The lowest BCUT2D eigenvalue weighted by Crippen LogP contribution is -2.50. The molecule has 0 saturated carbocycles. The summed E-state index contributed by atoms with van der Waals surface area (Å²) < 4.78 is 5.77. The summed E-state index contributed by atoms with van der Waals surface area (Å²) in [6.07, 6.45) is 8.42. The van der Waals surface area contributed by atoms with Crippen molar-refractivity contribution in [3.8, 4) is 5.75 Å². The third-order valence-electron chi connectivity index (χ3n) is 5.40. The van der Waals surface area contributed by atoms with Gasteiger partial charge in [-0.25, -0.2) is 0 Å². The number of carbonyl (C=O) groups excluding carboxylic acids is 1. The van der Waals surface area contributed by atoms with Crippen LogP contribution in [-0.4, -0.2) is 68.1 Å². The van der Waals surface area contributed by atoms with Gasteiger partial charge in [0.05, 0.1) is 6.54 Å². The minimum atomic E-state index is 0. The van der Waals surface area contributed by atoms with E-state index in [9.17, 15) is 4.79 Å². The van der Waals surface area contributed by atoms with Crippen LogP contribution < -0.4 is 10.1 Å². The predicted molar refractivity (Wildman–Crippen MR) is 116 cm³/mol. The summed E-state index contributed by atoms with van der Waals surface area (Å²) in [7, 11) is 0. The molecule has 2 aliphatic rings.